The van der Waals surface area contributed by atoms with Gasteiger partial charge in [-0.25, -0.2) is 0 Å². The van der Waals surface area contributed by atoms with Crippen LogP contribution in [0.4, 0.5) is 0 Å². The van der Waals surface area contributed by atoms with E-state index in [-0.39, 0.29) is 0 Å². The Kier molecular flexibility index (Phi) is 4.83. The van der Waals surface area contributed by atoms with Crippen molar-refractivity contribution < 1.29 is 5.11 Å². The molecule has 0 saturated heterocycles. The van der Waals surface area contributed by atoms with Crippen molar-refractivity contribution in [2.24, 2.45) is 0 Å². The molecule has 0 aliphatic rings. The number of hydrogen-bond acceptors (Lipinski definition) is 1. The first kappa shape index (κ1) is 16.2. The Balaban J connectivity index is 3.24. The van der Waals surface area contributed by atoms with Crippen LogP contribution in [0.5, 0.6) is 0 Å². The lowest BCUT2D eigenvalue weighted by Gasteiger charge is -2.37. The highest BCUT2D eigenvalue weighted by molar-refractivity contribution is 6.93. The molecular weight excluding hydrogens is 264 g/mol. The lowest BCUT2D eigenvalue weighted by atomic mass is 10.3. The minimum atomic E-state index is -2.03. The summed E-state index contributed by atoms with van der Waals surface area (Å²) in [7, 11) is -3.49. The van der Waals surface area contributed by atoms with Gasteiger partial charge < -0.3 is 5.11 Å². The number of hydrogen-bond donors (Lipinski definition) is 1. The summed E-state index contributed by atoms with van der Waals surface area (Å²) >= 11 is 0. The first-order valence-corrected chi connectivity index (χ1v) is 13.4. The van der Waals surface area contributed by atoms with E-state index in [2.05, 4.69) is 56.3 Å². The van der Waals surface area contributed by atoms with Gasteiger partial charge in [0.1, 0.15) is 21.4 Å². The molecule has 104 valence electrons. The van der Waals surface area contributed by atoms with E-state index in [0.717, 1.165) is 0 Å². The van der Waals surface area contributed by atoms with Crippen molar-refractivity contribution in [3.05, 3.63) is 30.3 Å². The highest BCUT2D eigenvalue weighted by Gasteiger charge is 2.44. The molecule has 3 heteroatoms. The van der Waals surface area contributed by atoms with Crippen molar-refractivity contribution in [1.29, 1.82) is 0 Å². The number of aliphatic hydroxyl groups is 1. The second-order valence-corrected chi connectivity index (χ2v) is 16.1. The molecule has 0 amide bonds. The third kappa shape index (κ3) is 3.82. The van der Waals surface area contributed by atoms with Crippen LogP contribution >= 0.6 is 0 Å². The topological polar surface area (TPSA) is 20.2 Å². The van der Waals surface area contributed by atoms with E-state index < -0.39 is 21.4 Å². The lowest BCUT2D eigenvalue weighted by Crippen LogP contribution is -2.61. The van der Waals surface area contributed by atoms with Gasteiger partial charge in [-0.3, -0.25) is 0 Å². The lowest BCUT2D eigenvalue weighted by molar-refractivity contribution is 0.173. The Hall–Kier alpha value is -0.826. The summed E-state index contributed by atoms with van der Waals surface area (Å²) in [6.45, 7) is 13.1. The molecule has 0 aliphatic carbocycles. The Morgan fingerprint density at radius 2 is 1.58 bits per heavy atom. The molecule has 1 N–H and O–H groups in total. The van der Waals surface area contributed by atoms with Crippen LogP contribution in [-0.4, -0.2) is 26.5 Å². The predicted octanol–water partition coefficient (Wildman–Crippen LogP) is 3.16. The summed E-state index contributed by atoms with van der Waals surface area (Å²) in [5.41, 5.74) is 3.36. The molecule has 0 bridgehead atoms. The fraction of sp³-hybridized carbons (Fsp3) is 0.500. The van der Waals surface area contributed by atoms with Gasteiger partial charge in [0, 0.05) is 0 Å². The molecule has 0 fully saturated rings. The van der Waals surface area contributed by atoms with Gasteiger partial charge in [-0.2, -0.15) is 0 Å². The quantitative estimate of drug-likeness (QED) is 0.670. The van der Waals surface area contributed by atoms with Crippen molar-refractivity contribution in [1.82, 2.24) is 0 Å². The average molecular weight is 291 g/mol. The zero-order valence-electron chi connectivity index (χ0n) is 13.0. The SMILES string of the molecule is CCC(O)(C#C[Si](C)(C)C)[Si](C)(C)c1ccccc1. The van der Waals surface area contributed by atoms with E-state index in [0.29, 0.717) is 6.42 Å². The van der Waals surface area contributed by atoms with Crippen LogP contribution in [0.15, 0.2) is 30.3 Å². The van der Waals surface area contributed by atoms with Crippen LogP contribution in [-0.2, 0) is 0 Å². The second kappa shape index (κ2) is 5.66. The minimum Gasteiger partial charge on any atom is -0.381 e. The molecule has 1 atom stereocenters. The van der Waals surface area contributed by atoms with Gasteiger partial charge in [0.25, 0.3) is 0 Å². The standard InChI is InChI=1S/C16H26OSi2/c1-7-16(17,13-14-18(2,3)4)19(5,6)15-11-9-8-10-12-15/h8-12,17H,7H2,1-6H3. The summed E-state index contributed by atoms with van der Waals surface area (Å²) in [6, 6.07) is 10.4. The highest BCUT2D eigenvalue weighted by atomic mass is 28.3. The fourth-order valence-electron chi connectivity index (χ4n) is 2.07. The highest BCUT2D eigenvalue weighted by Crippen LogP contribution is 2.24. The van der Waals surface area contributed by atoms with Gasteiger partial charge >= 0.3 is 0 Å². The van der Waals surface area contributed by atoms with E-state index in [4.69, 9.17) is 0 Å². The molecule has 1 aromatic rings. The largest absolute Gasteiger partial charge is 0.381 e. The molecule has 0 heterocycles. The summed E-state index contributed by atoms with van der Waals surface area (Å²) in [5, 5.41) is 11.5. The fourth-order valence-corrected chi connectivity index (χ4v) is 5.54. The van der Waals surface area contributed by atoms with Crippen molar-refractivity contribution in [3.8, 4) is 11.5 Å². The summed E-state index contributed by atoms with van der Waals surface area (Å²) in [6.07, 6.45) is 0.693. The van der Waals surface area contributed by atoms with Crippen LogP contribution in [0, 0.1) is 11.5 Å². The van der Waals surface area contributed by atoms with Crippen LogP contribution in [0.3, 0.4) is 0 Å². The third-order valence-corrected chi connectivity index (χ3v) is 8.88. The molecule has 0 spiro atoms. The van der Waals surface area contributed by atoms with E-state index >= 15 is 0 Å². The predicted molar refractivity (Wildman–Crippen MR) is 89.9 cm³/mol. The molecule has 0 radical (unpaired) electrons. The Bertz CT molecular complexity index is 477. The number of benzene rings is 1. The maximum atomic E-state index is 11.1. The molecular formula is C16H26OSi2. The summed E-state index contributed by atoms with van der Waals surface area (Å²) < 4.78 is 0. The van der Waals surface area contributed by atoms with E-state index in [1.54, 1.807) is 0 Å². The van der Waals surface area contributed by atoms with Gasteiger partial charge in [-0.15, -0.1) is 5.54 Å². The molecule has 19 heavy (non-hydrogen) atoms. The van der Waals surface area contributed by atoms with Crippen molar-refractivity contribution in [2.75, 3.05) is 0 Å². The molecule has 1 aromatic carbocycles. The van der Waals surface area contributed by atoms with E-state index in [1.807, 2.05) is 25.1 Å². The maximum Gasteiger partial charge on any atom is 0.132 e. The van der Waals surface area contributed by atoms with Gasteiger partial charge in [0.15, 0.2) is 0 Å². The van der Waals surface area contributed by atoms with Gasteiger partial charge in [0.2, 0.25) is 0 Å². The summed E-state index contributed by atoms with van der Waals surface area (Å²) in [4.78, 5) is 0. The van der Waals surface area contributed by atoms with Crippen molar-refractivity contribution in [2.45, 2.75) is 51.3 Å². The molecule has 1 unspecified atom stereocenters. The van der Waals surface area contributed by atoms with E-state index in [9.17, 15) is 5.11 Å². The monoisotopic (exact) mass is 290 g/mol. The van der Waals surface area contributed by atoms with Crippen LogP contribution < -0.4 is 5.19 Å². The Labute approximate surface area is 120 Å². The molecule has 1 rings (SSSR count). The minimum absolute atomic E-state index is 0.693. The molecule has 0 saturated carbocycles. The van der Waals surface area contributed by atoms with Crippen LogP contribution in [0.1, 0.15) is 13.3 Å². The molecule has 0 aromatic heterocycles. The normalized spacial score (nSPS) is 15.3. The second-order valence-electron chi connectivity index (χ2n) is 6.70. The van der Waals surface area contributed by atoms with E-state index in [1.165, 1.54) is 5.19 Å². The first-order valence-electron chi connectivity index (χ1n) is 6.94. The van der Waals surface area contributed by atoms with Crippen molar-refractivity contribution in [3.63, 3.8) is 0 Å². The van der Waals surface area contributed by atoms with Crippen molar-refractivity contribution >= 4 is 21.3 Å². The van der Waals surface area contributed by atoms with Gasteiger partial charge in [0.05, 0.1) is 0 Å². The van der Waals surface area contributed by atoms with Crippen LogP contribution in [0.25, 0.3) is 0 Å². The Morgan fingerprint density at radius 3 is 2.00 bits per heavy atom. The zero-order valence-corrected chi connectivity index (χ0v) is 15.0. The van der Waals surface area contributed by atoms with Gasteiger partial charge in [-0.05, 0) is 6.42 Å². The summed E-state index contributed by atoms with van der Waals surface area (Å²) in [5.74, 6) is 3.25. The Morgan fingerprint density at radius 1 is 1.05 bits per heavy atom. The average Bonchev–Trinajstić information content (AvgIpc) is 2.36. The molecule has 1 nitrogen and oxygen atoms in total. The van der Waals surface area contributed by atoms with Crippen LogP contribution in [0.2, 0.25) is 32.7 Å². The first-order chi connectivity index (χ1) is 8.62. The van der Waals surface area contributed by atoms with Gasteiger partial charge in [-0.1, -0.05) is 81.1 Å². The number of rotatable bonds is 3. The zero-order chi connectivity index (χ0) is 14.7. The molecule has 0 aliphatic heterocycles. The maximum absolute atomic E-state index is 11.1. The smallest absolute Gasteiger partial charge is 0.132 e. The third-order valence-electron chi connectivity index (χ3n) is 3.69.